The Balaban J connectivity index is 2.41. The van der Waals surface area contributed by atoms with E-state index in [1.807, 2.05) is 18.2 Å². The number of hydrogen-bond acceptors (Lipinski definition) is 2. The van der Waals surface area contributed by atoms with Crippen molar-refractivity contribution in [2.75, 3.05) is 0 Å². The Hall–Kier alpha value is -0.930. The fraction of sp³-hybridized carbons (Fsp3) is 0.417. The Labute approximate surface area is 96.9 Å². The standard InChI is InChI=1S/C12H18N2S/c1-9(2)11(13)12(15)14-8-10-6-4-3-5-7-10/h3-7,9,11H,8,13H2,1-2H3,(H,14,15)/t11-/m1/s1. The number of benzene rings is 1. The van der Waals surface area contributed by atoms with Crippen LogP contribution in [-0.2, 0) is 6.54 Å². The van der Waals surface area contributed by atoms with Crippen molar-refractivity contribution in [1.82, 2.24) is 5.32 Å². The van der Waals surface area contributed by atoms with Crippen molar-refractivity contribution in [3.05, 3.63) is 35.9 Å². The van der Waals surface area contributed by atoms with E-state index in [0.29, 0.717) is 5.92 Å². The second-order valence-corrected chi connectivity index (χ2v) is 4.41. The van der Waals surface area contributed by atoms with Crippen molar-refractivity contribution in [3.8, 4) is 0 Å². The molecule has 0 aliphatic heterocycles. The third-order valence-electron chi connectivity index (χ3n) is 2.33. The number of nitrogens with one attached hydrogen (secondary N) is 1. The Morgan fingerprint density at radius 1 is 1.33 bits per heavy atom. The van der Waals surface area contributed by atoms with E-state index in [0.717, 1.165) is 11.5 Å². The fourth-order valence-corrected chi connectivity index (χ4v) is 1.55. The molecule has 0 saturated heterocycles. The molecule has 15 heavy (non-hydrogen) atoms. The molecule has 0 radical (unpaired) electrons. The normalized spacial score (nSPS) is 12.5. The summed E-state index contributed by atoms with van der Waals surface area (Å²) in [6.07, 6.45) is 0. The molecule has 0 saturated carbocycles. The van der Waals surface area contributed by atoms with Crippen LogP contribution in [0.15, 0.2) is 30.3 Å². The lowest BCUT2D eigenvalue weighted by atomic mass is 10.1. The highest BCUT2D eigenvalue weighted by molar-refractivity contribution is 7.80. The summed E-state index contributed by atoms with van der Waals surface area (Å²) in [6.45, 7) is 4.89. The van der Waals surface area contributed by atoms with Crippen LogP contribution in [-0.4, -0.2) is 11.0 Å². The largest absolute Gasteiger partial charge is 0.374 e. The summed E-state index contributed by atoms with van der Waals surface area (Å²) in [7, 11) is 0. The van der Waals surface area contributed by atoms with Crippen LogP contribution in [0.25, 0.3) is 0 Å². The smallest absolute Gasteiger partial charge is 0.0928 e. The van der Waals surface area contributed by atoms with Crippen molar-refractivity contribution in [2.45, 2.75) is 26.4 Å². The van der Waals surface area contributed by atoms with E-state index in [-0.39, 0.29) is 6.04 Å². The molecule has 0 bridgehead atoms. The molecule has 0 unspecified atom stereocenters. The molecule has 1 rings (SSSR count). The van der Waals surface area contributed by atoms with Crippen molar-refractivity contribution in [3.63, 3.8) is 0 Å². The first-order chi connectivity index (χ1) is 7.11. The van der Waals surface area contributed by atoms with E-state index in [2.05, 4.69) is 31.3 Å². The van der Waals surface area contributed by atoms with Crippen LogP contribution in [0.5, 0.6) is 0 Å². The van der Waals surface area contributed by atoms with Crippen LogP contribution in [0.3, 0.4) is 0 Å². The molecule has 0 aromatic heterocycles. The Morgan fingerprint density at radius 3 is 2.47 bits per heavy atom. The average Bonchev–Trinajstić information content (AvgIpc) is 2.26. The van der Waals surface area contributed by atoms with Gasteiger partial charge in [0.25, 0.3) is 0 Å². The van der Waals surface area contributed by atoms with Crippen molar-refractivity contribution in [2.24, 2.45) is 11.7 Å². The lowest BCUT2D eigenvalue weighted by Crippen LogP contribution is -2.42. The maximum absolute atomic E-state index is 5.92. The molecule has 0 amide bonds. The van der Waals surface area contributed by atoms with Crippen molar-refractivity contribution >= 4 is 17.2 Å². The molecule has 3 N–H and O–H groups in total. The zero-order chi connectivity index (χ0) is 11.3. The minimum atomic E-state index is -0.0521. The molecule has 3 heteroatoms. The first-order valence-corrected chi connectivity index (χ1v) is 5.59. The molecule has 0 aliphatic carbocycles. The second-order valence-electron chi connectivity index (χ2n) is 3.97. The van der Waals surface area contributed by atoms with E-state index in [4.69, 9.17) is 18.0 Å². The van der Waals surface area contributed by atoms with Crippen LogP contribution in [0.2, 0.25) is 0 Å². The highest BCUT2D eigenvalue weighted by Crippen LogP contribution is 2.02. The minimum Gasteiger partial charge on any atom is -0.374 e. The predicted molar refractivity (Wildman–Crippen MR) is 68.7 cm³/mol. The zero-order valence-corrected chi connectivity index (χ0v) is 10.1. The summed E-state index contributed by atoms with van der Waals surface area (Å²) in [6, 6.07) is 10.1. The molecular weight excluding hydrogens is 204 g/mol. The molecule has 1 aromatic carbocycles. The van der Waals surface area contributed by atoms with Gasteiger partial charge in [0.15, 0.2) is 0 Å². The predicted octanol–water partition coefficient (Wildman–Crippen LogP) is 2.09. The Kier molecular flexibility index (Phi) is 4.72. The van der Waals surface area contributed by atoms with Gasteiger partial charge in [0.1, 0.15) is 0 Å². The van der Waals surface area contributed by atoms with Gasteiger partial charge >= 0.3 is 0 Å². The molecule has 0 spiro atoms. The lowest BCUT2D eigenvalue weighted by molar-refractivity contribution is 0.586. The third-order valence-corrected chi connectivity index (χ3v) is 2.75. The van der Waals surface area contributed by atoms with Crippen LogP contribution < -0.4 is 11.1 Å². The molecule has 0 aliphatic rings. The van der Waals surface area contributed by atoms with E-state index < -0.39 is 0 Å². The van der Waals surface area contributed by atoms with Crippen molar-refractivity contribution < 1.29 is 0 Å². The van der Waals surface area contributed by atoms with Gasteiger partial charge in [-0.15, -0.1) is 0 Å². The molecule has 1 aromatic rings. The molecule has 1 atom stereocenters. The highest BCUT2D eigenvalue weighted by Gasteiger charge is 2.12. The summed E-state index contributed by atoms with van der Waals surface area (Å²) in [4.78, 5) is 0.744. The maximum atomic E-state index is 5.92. The van der Waals surface area contributed by atoms with Gasteiger partial charge < -0.3 is 11.1 Å². The van der Waals surface area contributed by atoms with Gasteiger partial charge in [-0.3, -0.25) is 0 Å². The molecule has 82 valence electrons. The van der Waals surface area contributed by atoms with Gasteiger partial charge in [0, 0.05) is 6.54 Å². The number of rotatable bonds is 4. The fourth-order valence-electron chi connectivity index (χ4n) is 1.21. The summed E-state index contributed by atoms with van der Waals surface area (Å²) in [5.41, 5.74) is 7.14. The van der Waals surface area contributed by atoms with Gasteiger partial charge in [0.2, 0.25) is 0 Å². The third kappa shape index (κ3) is 3.98. The molecular formula is C12H18N2S. The van der Waals surface area contributed by atoms with Gasteiger partial charge in [-0.05, 0) is 11.5 Å². The van der Waals surface area contributed by atoms with Gasteiger partial charge in [-0.1, -0.05) is 56.4 Å². The zero-order valence-electron chi connectivity index (χ0n) is 9.23. The topological polar surface area (TPSA) is 38.0 Å². The summed E-state index contributed by atoms with van der Waals surface area (Å²) in [5, 5.41) is 3.19. The van der Waals surface area contributed by atoms with Crippen LogP contribution >= 0.6 is 12.2 Å². The van der Waals surface area contributed by atoms with E-state index >= 15 is 0 Å². The first-order valence-electron chi connectivity index (χ1n) is 5.18. The Bertz CT molecular complexity index is 309. The SMILES string of the molecule is CC(C)[C@@H](N)C(=S)NCc1ccccc1. The van der Waals surface area contributed by atoms with Crippen molar-refractivity contribution in [1.29, 1.82) is 0 Å². The highest BCUT2D eigenvalue weighted by atomic mass is 32.1. The summed E-state index contributed by atoms with van der Waals surface area (Å²) < 4.78 is 0. The van der Waals surface area contributed by atoms with Crippen LogP contribution in [0.4, 0.5) is 0 Å². The summed E-state index contributed by atoms with van der Waals surface area (Å²) in [5.74, 6) is 0.376. The molecule has 2 nitrogen and oxygen atoms in total. The quantitative estimate of drug-likeness (QED) is 0.766. The van der Waals surface area contributed by atoms with E-state index in [1.165, 1.54) is 5.56 Å². The maximum Gasteiger partial charge on any atom is 0.0928 e. The monoisotopic (exact) mass is 222 g/mol. The minimum absolute atomic E-state index is 0.0521. The first kappa shape index (κ1) is 12.1. The average molecular weight is 222 g/mol. The van der Waals surface area contributed by atoms with Gasteiger partial charge in [0.05, 0.1) is 11.0 Å². The molecule has 0 heterocycles. The second kappa shape index (κ2) is 5.83. The summed E-state index contributed by atoms with van der Waals surface area (Å²) >= 11 is 5.22. The number of thiocarbonyl (C=S) groups is 1. The number of nitrogens with two attached hydrogens (primary N) is 1. The van der Waals surface area contributed by atoms with E-state index in [1.54, 1.807) is 0 Å². The molecule has 0 fully saturated rings. The van der Waals surface area contributed by atoms with Crippen LogP contribution in [0.1, 0.15) is 19.4 Å². The lowest BCUT2D eigenvalue weighted by Gasteiger charge is -2.18. The van der Waals surface area contributed by atoms with E-state index in [9.17, 15) is 0 Å². The Morgan fingerprint density at radius 2 is 1.93 bits per heavy atom. The van der Waals surface area contributed by atoms with Gasteiger partial charge in [-0.25, -0.2) is 0 Å². The van der Waals surface area contributed by atoms with Gasteiger partial charge in [-0.2, -0.15) is 0 Å². The van der Waals surface area contributed by atoms with Crippen LogP contribution in [0, 0.1) is 5.92 Å². The number of hydrogen-bond donors (Lipinski definition) is 2.